The van der Waals surface area contributed by atoms with E-state index in [2.05, 4.69) is 5.32 Å². The third kappa shape index (κ3) is 11.4. The van der Waals surface area contributed by atoms with Crippen LogP contribution in [-0.2, 0) is 37.4 Å². The molecule has 202 valence electrons. The van der Waals surface area contributed by atoms with Crippen molar-refractivity contribution in [3.63, 3.8) is 0 Å². The fourth-order valence-corrected chi connectivity index (χ4v) is 5.37. The van der Waals surface area contributed by atoms with Crippen LogP contribution in [0.3, 0.4) is 0 Å². The number of nitrogens with one attached hydrogen (secondary N) is 1. The van der Waals surface area contributed by atoms with E-state index in [4.69, 9.17) is 28.0 Å². The molecule has 0 aliphatic carbocycles. The van der Waals surface area contributed by atoms with E-state index in [0.717, 1.165) is 11.8 Å². The standard InChI is InChI=1S/C24H37N2O8PS/c1-5-29-13-16-32-24(27)21(19-25)23(36-4)26-22(20-11-9-8-10-12-20)35(28,33-17-14-30-6-2)34-18-15-31-7-3/h8-12,22,26H,5-7,13-18H2,1-4H3/b23-21+. The van der Waals surface area contributed by atoms with Crippen molar-refractivity contribution < 1.29 is 37.4 Å². The summed E-state index contributed by atoms with van der Waals surface area (Å²) < 4.78 is 46.7. The van der Waals surface area contributed by atoms with Crippen molar-refractivity contribution in [1.82, 2.24) is 5.32 Å². The van der Waals surface area contributed by atoms with E-state index >= 15 is 0 Å². The summed E-state index contributed by atoms with van der Waals surface area (Å²) in [6, 6.07) is 10.8. The second kappa shape index (κ2) is 19.2. The molecule has 1 unspecified atom stereocenters. The summed E-state index contributed by atoms with van der Waals surface area (Å²) in [7, 11) is -3.91. The lowest BCUT2D eigenvalue weighted by molar-refractivity contribution is -0.140. The van der Waals surface area contributed by atoms with Crippen LogP contribution in [0.2, 0.25) is 0 Å². The van der Waals surface area contributed by atoms with Gasteiger partial charge in [0.05, 0.1) is 38.1 Å². The zero-order valence-electron chi connectivity index (χ0n) is 21.4. The van der Waals surface area contributed by atoms with Crippen molar-refractivity contribution in [3.05, 3.63) is 46.5 Å². The van der Waals surface area contributed by atoms with Gasteiger partial charge >= 0.3 is 13.6 Å². The summed E-state index contributed by atoms with van der Waals surface area (Å²) in [4.78, 5) is 12.6. The quantitative estimate of drug-likeness (QED) is 0.0832. The van der Waals surface area contributed by atoms with E-state index in [0.29, 0.717) is 25.4 Å². The van der Waals surface area contributed by atoms with E-state index in [-0.39, 0.29) is 50.2 Å². The van der Waals surface area contributed by atoms with Gasteiger partial charge < -0.3 is 33.3 Å². The maximum atomic E-state index is 14.2. The van der Waals surface area contributed by atoms with Gasteiger partial charge in [-0.1, -0.05) is 30.3 Å². The minimum absolute atomic E-state index is 0.00119. The molecule has 0 heterocycles. The molecule has 0 saturated heterocycles. The van der Waals surface area contributed by atoms with Crippen LogP contribution in [0.1, 0.15) is 32.1 Å². The van der Waals surface area contributed by atoms with Crippen LogP contribution in [0.25, 0.3) is 0 Å². The van der Waals surface area contributed by atoms with Crippen molar-refractivity contribution in [1.29, 1.82) is 5.26 Å². The summed E-state index contributed by atoms with van der Waals surface area (Å²) in [6.07, 6.45) is 1.69. The third-order valence-electron chi connectivity index (χ3n) is 4.52. The maximum absolute atomic E-state index is 14.2. The first-order valence-corrected chi connectivity index (χ1v) is 14.6. The first-order chi connectivity index (χ1) is 17.5. The van der Waals surface area contributed by atoms with Crippen LogP contribution in [0.4, 0.5) is 0 Å². The molecule has 0 amide bonds. The number of rotatable bonds is 20. The van der Waals surface area contributed by atoms with E-state index in [1.54, 1.807) is 30.5 Å². The summed E-state index contributed by atoms with van der Waals surface area (Å²) >= 11 is 1.11. The van der Waals surface area contributed by atoms with E-state index < -0.39 is 19.3 Å². The number of esters is 1. The number of nitriles is 1. The van der Waals surface area contributed by atoms with Gasteiger partial charge in [0.25, 0.3) is 0 Å². The number of carbonyl (C=O) groups is 1. The predicted octanol–water partition coefficient (Wildman–Crippen LogP) is 4.25. The number of ether oxygens (including phenoxy) is 4. The van der Waals surface area contributed by atoms with Crippen LogP contribution >= 0.6 is 19.4 Å². The number of benzene rings is 1. The number of carbonyl (C=O) groups excluding carboxylic acids is 1. The molecule has 0 radical (unpaired) electrons. The molecule has 0 spiro atoms. The van der Waals surface area contributed by atoms with Crippen LogP contribution in [0.15, 0.2) is 40.9 Å². The lowest BCUT2D eigenvalue weighted by atomic mass is 10.2. The minimum Gasteiger partial charge on any atom is -0.459 e. The number of hydrogen-bond acceptors (Lipinski definition) is 11. The molecule has 12 heteroatoms. The van der Waals surface area contributed by atoms with Gasteiger partial charge in [-0.2, -0.15) is 5.26 Å². The van der Waals surface area contributed by atoms with Gasteiger partial charge in [0.2, 0.25) is 0 Å². The van der Waals surface area contributed by atoms with Crippen molar-refractivity contribution in [2.45, 2.75) is 26.6 Å². The molecule has 0 bridgehead atoms. The summed E-state index contributed by atoms with van der Waals surface area (Å²) in [6.45, 7) is 7.66. The van der Waals surface area contributed by atoms with Gasteiger partial charge in [-0.25, -0.2) is 4.79 Å². The Morgan fingerprint density at radius 2 is 1.47 bits per heavy atom. The Morgan fingerprint density at radius 3 is 1.94 bits per heavy atom. The highest BCUT2D eigenvalue weighted by molar-refractivity contribution is 8.02. The minimum atomic E-state index is -3.91. The monoisotopic (exact) mass is 544 g/mol. The Hall–Kier alpha value is -1.90. The molecule has 10 nitrogen and oxygen atoms in total. The fraction of sp³-hybridized carbons (Fsp3) is 0.583. The Labute approximate surface area is 218 Å². The SMILES string of the molecule is CCOCCOC(=O)/C(C#N)=C(\NC(c1ccccc1)P(=O)(OCCOCC)OCCOCC)SC. The van der Waals surface area contributed by atoms with E-state index in [1.807, 2.05) is 32.9 Å². The molecule has 1 N–H and O–H groups in total. The van der Waals surface area contributed by atoms with Gasteiger partial charge in [-0.05, 0) is 32.6 Å². The number of nitrogens with zero attached hydrogens (tertiary/aromatic N) is 1. The Morgan fingerprint density at radius 1 is 0.944 bits per heavy atom. The van der Waals surface area contributed by atoms with Gasteiger partial charge in [-0.3, -0.25) is 4.57 Å². The Kier molecular flexibility index (Phi) is 17.2. The summed E-state index contributed by atoms with van der Waals surface area (Å²) in [5.74, 6) is -1.84. The molecule has 1 atom stereocenters. The molecule has 36 heavy (non-hydrogen) atoms. The lowest BCUT2D eigenvalue weighted by Gasteiger charge is -2.29. The van der Waals surface area contributed by atoms with Crippen molar-refractivity contribution in [2.75, 3.05) is 65.7 Å². The second-order valence-corrected chi connectivity index (χ2v) is 9.84. The van der Waals surface area contributed by atoms with E-state index in [9.17, 15) is 14.6 Å². The molecule has 1 aromatic rings. The highest BCUT2D eigenvalue weighted by atomic mass is 32.2. The number of hydrogen-bond donors (Lipinski definition) is 1. The Bertz CT molecular complexity index is 863. The van der Waals surface area contributed by atoms with Gasteiger partial charge in [-0.15, -0.1) is 11.8 Å². The number of thioether (sulfide) groups is 1. The maximum Gasteiger partial charge on any atom is 0.357 e. The zero-order valence-corrected chi connectivity index (χ0v) is 23.1. The van der Waals surface area contributed by atoms with Gasteiger partial charge in [0.15, 0.2) is 11.4 Å². The fourth-order valence-electron chi connectivity index (χ4n) is 2.86. The first-order valence-electron chi connectivity index (χ1n) is 11.8. The highest BCUT2D eigenvalue weighted by Crippen LogP contribution is 2.60. The molecule has 1 rings (SSSR count). The molecular weight excluding hydrogens is 507 g/mol. The first kappa shape index (κ1) is 32.1. The molecule has 0 aliphatic rings. The molecule has 1 aromatic carbocycles. The van der Waals surface area contributed by atoms with Crippen LogP contribution in [0, 0.1) is 11.3 Å². The van der Waals surface area contributed by atoms with E-state index in [1.165, 1.54) is 0 Å². The normalized spacial score (nSPS) is 13.0. The molecular formula is C24H37N2O8PS. The largest absolute Gasteiger partial charge is 0.459 e. The molecule has 0 fully saturated rings. The van der Waals surface area contributed by atoms with Crippen molar-refractivity contribution in [2.24, 2.45) is 0 Å². The molecule has 0 saturated carbocycles. The summed E-state index contributed by atoms with van der Waals surface area (Å²) in [5, 5.41) is 13.0. The van der Waals surface area contributed by atoms with Crippen molar-refractivity contribution >= 4 is 25.3 Å². The van der Waals surface area contributed by atoms with Crippen LogP contribution in [-0.4, -0.2) is 71.7 Å². The highest BCUT2D eigenvalue weighted by Gasteiger charge is 2.39. The summed E-state index contributed by atoms with van der Waals surface area (Å²) in [5.41, 5.74) is 0.331. The smallest absolute Gasteiger partial charge is 0.357 e. The predicted molar refractivity (Wildman–Crippen MR) is 138 cm³/mol. The Balaban J connectivity index is 3.33. The average Bonchev–Trinajstić information content (AvgIpc) is 2.90. The zero-order chi connectivity index (χ0) is 26.7. The van der Waals surface area contributed by atoms with Crippen molar-refractivity contribution in [3.8, 4) is 6.07 Å². The van der Waals surface area contributed by atoms with Crippen LogP contribution in [0.5, 0.6) is 0 Å². The lowest BCUT2D eigenvalue weighted by Crippen LogP contribution is -2.26. The topological polar surface area (TPSA) is 125 Å². The van der Waals surface area contributed by atoms with Crippen LogP contribution < -0.4 is 5.32 Å². The second-order valence-electron chi connectivity index (χ2n) is 6.91. The average molecular weight is 545 g/mol. The third-order valence-corrected chi connectivity index (χ3v) is 7.39. The molecule has 0 aromatic heterocycles. The van der Waals surface area contributed by atoms with Gasteiger partial charge in [0.1, 0.15) is 12.7 Å². The van der Waals surface area contributed by atoms with Gasteiger partial charge in [0, 0.05) is 19.8 Å². The molecule has 0 aliphatic heterocycles.